The number of allylic oxidation sites excluding steroid dienone is 2. The Balaban J connectivity index is 2.03. The molecule has 0 saturated heterocycles. The van der Waals surface area contributed by atoms with E-state index in [0.717, 1.165) is 0 Å². The monoisotopic (exact) mass is 344 g/mol. The van der Waals surface area contributed by atoms with Crippen LogP contribution in [0.3, 0.4) is 0 Å². The minimum atomic E-state index is -4.40. The van der Waals surface area contributed by atoms with E-state index >= 15 is 0 Å². The first-order valence-corrected chi connectivity index (χ1v) is 7.42. The Morgan fingerprint density at radius 1 is 1.39 bits per heavy atom. The van der Waals surface area contributed by atoms with Crippen LogP contribution in [0.5, 0.6) is 0 Å². The molecule has 3 nitrogen and oxygen atoms in total. The summed E-state index contributed by atoms with van der Waals surface area (Å²) >= 11 is 5.80. The standard InChI is InChI=1S/C16H16ClF3N2O/c1-10-4-2-5-11(14(10)16(18,19)20)9-21-15(23)22-13-7-3-6-12(17)8-13/h2-3,5-8,10H,4,9H2,1H3,(H2,21,22,23). The first kappa shape index (κ1) is 17.4. The number of carbonyl (C=O) groups excluding carboxylic acids is 1. The Hall–Kier alpha value is -1.95. The van der Waals surface area contributed by atoms with Crippen LogP contribution in [0.25, 0.3) is 0 Å². The quantitative estimate of drug-likeness (QED) is 0.803. The predicted molar refractivity (Wildman–Crippen MR) is 84.5 cm³/mol. The molecule has 1 aromatic rings. The van der Waals surface area contributed by atoms with Gasteiger partial charge in [-0.3, -0.25) is 0 Å². The third kappa shape index (κ3) is 4.76. The Bertz CT molecular complexity index is 653. The average Bonchev–Trinajstić information content (AvgIpc) is 2.43. The van der Waals surface area contributed by atoms with E-state index in [2.05, 4.69) is 10.6 Å². The maximum atomic E-state index is 13.1. The van der Waals surface area contributed by atoms with Gasteiger partial charge in [-0.1, -0.05) is 36.7 Å². The van der Waals surface area contributed by atoms with E-state index in [1.165, 1.54) is 13.0 Å². The molecule has 2 amide bonds. The number of halogens is 4. The second kappa shape index (κ2) is 7.08. The van der Waals surface area contributed by atoms with Gasteiger partial charge in [0.2, 0.25) is 0 Å². The zero-order valence-electron chi connectivity index (χ0n) is 12.4. The summed E-state index contributed by atoms with van der Waals surface area (Å²) in [5.74, 6) is -0.618. The molecule has 0 heterocycles. The second-order valence-electron chi connectivity index (χ2n) is 5.29. The number of alkyl halides is 3. The highest BCUT2D eigenvalue weighted by atomic mass is 35.5. The number of carbonyl (C=O) groups is 1. The van der Waals surface area contributed by atoms with Gasteiger partial charge in [0.05, 0.1) is 0 Å². The molecule has 0 spiro atoms. The fraction of sp³-hybridized carbons (Fsp3) is 0.312. The molecule has 1 aliphatic carbocycles. The number of hydrogen-bond donors (Lipinski definition) is 2. The van der Waals surface area contributed by atoms with Crippen molar-refractivity contribution < 1.29 is 18.0 Å². The molecule has 1 unspecified atom stereocenters. The highest BCUT2D eigenvalue weighted by Crippen LogP contribution is 2.38. The van der Waals surface area contributed by atoms with E-state index in [1.54, 1.807) is 30.3 Å². The number of hydrogen-bond acceptors (Lipinski definition) is 1. The normalized spacial score (nSPS) is 18.0. The summed E-state index contributed by atoms with van der Waals surface area (Å²) < 4.78 is 39.4. The molecule has 0 bridgehead atoms. The summed E-state index contributed by atoms with van der Waals surface area (Å²) in [6.45, 7) is 1.33. The van der Waals surface area contributed by atoms with Gasteiger partial charge in [-0.15, -0.1) is 0 Å². The van der Waals surface area contributed by atoms with Crippen LogP contribution in [-0.2, 0) is 0 Å². The minimum absolute atomic E-state index is 0.0810. The zero-order valence-corrected chi connectivity index (χ0v) is 13.1. The van der Waals surface area contributed by atoms with Crippen LogP contribution in [0.2, 0.25) is 5.02 Å². The number of anilines is 1. The van der Waals surface area contributed by atoms with E-state index in [4.69, 9.17) is 11.6 Å². The summed E-state index contributed by atoms with van der Waals surface area (Å²) in [6.07, 6.45) is -0.952. The maximum absolute atomic E-state index is 13.1. The highest BCUT2D eigenvalue weighted by molar-refractivity contribution is 6.30. The van der Waals surface area contributed by atoms with Crippen molar-refractivity contribution in [2.75, 3.05) is 11.9 Å². The number of rotatable bonds is 3. The zero-order chi connectivity index (χ0) is 17.0. The molecule has 2 N–H and O–H groups in total. The average molecular weight is 345 g/mol. The molecule has 0 aromatic heterocycles. The largest absolute Gasteiger partial charge is 0.413 e. The SMILES string of the molecule is CC1CC=CC(CNC(=O)Nc2cccc(Cl)c2)=C1C(F)(F)F. The van der Waals surface area contributed by atoms with Crippen molar-refractivity contribution in [2.45, 2.75) is 19.5 Å². The van der Waals surface area contributed by atoms with Crippen LogP contribution in [0.4, 0.5) is 23.7 Å². The molecule has 0 saturated carbocycles. The topological polar surface area (TPSA) is 41.1 Å². The number of benzene rings is 1. The lowest BCUT2D eigenvalue weighted by Crippen LogP contribution is -2.32. The smallest absolute Gasteiger partial charge is 0.334 e. The number of urea groups is 1. The molecule has 1 atom stereocenters. The van der Waals surface area contributed by atoms with Gasteiger partial charge in [-0.2, -0.15) is 13.2 Å². The van der Waals surface area contributed by atoms with E-state index in [1.807, 2.05) is 0 Å². The molecule has 0 fully saturated rings. The third-order valence-electron chi connectivity index (χ3n) is 3.47. The van der Waals surface area contributed by atoms with Crippen LogP contribution >= 0.6 is 11.6 Å². The van der Waals surface area contributed by atoms with E-state index in [-0.39, 0.29) is 12.1 Å². The molecule has 0 aliphatic heterocycles. The van der Waals surface area contributed by atoms with E-state index in [0.29, 0.717) is 17.1 Å². The summed E-state index contributed by atoms with van der Waals surface area (Å²) in [5, 5.41) is 5.42. The van der Waals surface area contributed by atoms with Crippen LogP contribution in [-0.4, -0.2) is 18.8 Å². The summed E-state index contributed by atoms with van der Waals surface area (Å²) in [6, 6.07) is 5.90. The van der Waals surface area contributed by atoms with Crippen molar-refractivity contribution in [3.05, 3.63) is 52.6 Å². The first-order chi connectivity index (χ1) is 10.8. The van der Waals surface area contributed by atoms with Crippen molar-refractivity contribution in [2.24, 2.45) is 5.92 Å². The van der Waals surface area contributed by atoms with Crippen molar-refractivity contribution >= 4 is 23.3 Å². The maximum Gasteiger partial charge on any atom is 0.413 e. The summed E-state index contributed by atoms with van der Waals surface area (Å²) in [7, 11) is 0. The molecule has 124 valence electrons. The molecule has 1 aromatic carbocycles. The predicted octanol–water partition coefficient (Wildman–Crippen LogP) is 4.92. The van der Waals surface area contributed by atoms with Gasteiger partial charge in [-0.25, -0.2) is 4.79 Å². The lowest BCUT2D eigenvalue weighted by molar-refractivity contribution is -0.0992. The first-order valence-electron chi connectivity index (χ1n) is 7.04. The Morgan fingerprint density at radius 2 is 2.13 bits per heavy atom. The van der Waals surface area contributed by atoms with Gasteiger partial charge >= 0.3 is 12.2 Å². The molecule has 2 rings (SSSR count). The highest BCUT2D eigenvalue weighted by Gasteiger charge is 2.39. The van der Waals surface area contributed by atoms with Crippen molar-refractivity contribution in [3.63, 3.8) is 0 Å². The van der Waals surface area contributed by atoms with Crippen molar-refractivity contribution in [3.8, 4) is 0 Å². The van der Waals surface area contributed by atoms with Crippen LogP contribution in [0.1, 0.15) is 13.3 Å². The van der Waals surface area contributed by atoms with Gasteiger partial charge in [0.1, 0.15) is 0 Å². The number of amides is 2. The minimum Gasteiger partial charge on any atom is -0.334 e. The van der Waals surface area contributed by atoms with Gasteiger partial charge in [0.15, 0.2) is 0 Å². The Kier molecular flexibility index (Phi) is 5.36. The van der Waals surface area contributed by atoms with Crippen LogP contribution in [0, 0.1) is 5.92 Å². The molecule has 0 radical (unpaired) electrons. The van der Waals surface area contributed by atoms with Gasteiger partial charge in [0, 0.05) is 22.8 Å². The summed E-state index contributed by atoms with van der Waals surface area (Å²) in [4.78, 5) is 11.8. The second-order valence-corrected chi connectivity index (χ2v) is 5.73. The van der Waals surface area contributed by atoms with Crippen molar-refractivity contribution in [1.82, 2.24) is 5.32 Å². The lowest BCUT2D eigenvalue weighted by atomic mass is 9.88. The van der Waals surface area contributed by atoms with Crippen LogP contribution < -0.4 is 10.6 Å². The fourth-order valence-electron chi connectivity index (χ4n) is 2.47. The Labute approximate surface area is 137 Å². The molecule has 7 heteroatoms. The molecule has 23 heavy (non-hydrogen) atoms. The van der Waals surface area contributed by atoms with Crippen molar-refractivity contribution in [1.29, 1.82) is 0 Å². The van der Waals surface area contributed by atoms with E-state index < -0.39 is 23.7 Å². The van der Waals surface area contributed by atoms with Gasteiger partial charge < -0.3 is 10.6 Å². The van der Waals surface area contributed by atoms with Gasteiger partial charge in [-0.05, 0) is 36.1 Å². The molecule has 1 aliphatic rings. The molecular weight excluding hydrogens is 329 g/mol. The lowest BCUT2D eigenvalue weighted by Gasteiger charge is -2.24. The molecular formula is C16H16ClF3N2O. The van der Waals surface area contributed by atoms with Crippen LogP contribution in [0.15, 0.2) is 47.6 Å². The summed E-state index contributed by atoms with van der Waals surface area (Å²) in [5.41, 5.74) is -0.0341. The van der Waals surface area contributed by atoms with Gasteiger partial charge in [0.25, 0.3) is 0 Å². The fourth-order valence-corrected chi connectivity index (χ4v) is 2.66. The third-order valence-corrected chi connectivity index (χ3v) is 3.71. The Morgan fingerprint density at radius 3 is 2.78 bits per heavy atom. The van der Waals surface area contributed by atoms with E-state index in [9.17, 15) is 18.0 Å². The number of nitrogens with one attached hydrogen (secondary N) is 2.